The number of carbonyl (C=O) groups is 10. The average molecular weight is 1060 g/mol. The van der Waals surface area contributed by atoms with E-state index in [1.165, 1.54) is 0 Å². The van der Waals surface area contributed by atoms with E-state index in [0.29, 0.717) is 24.3 Å². The molecule has 4 heterocycles. The van der Waals surface area contributed by atoms with Crippen molar-refractivity contribution in [2.75, 3.05) is 0 Å². The van der Waals surface area contributed by atoms with E-state index < -0.39 is 104 Å². The van der Waals surface area contributed by atoms with Crippen molar-refractivity contribution < 1.29 is 118 Å². The molecule has 24 heteroatoms. The molecule has 8 N–H and O–H groups in total. The Morgan fingerprint density at radius 2 is 0.551 bits per heavy atom. The predicted molar refractivity (Wildman–Crippen MR) is 252 cm³/mol. The molecule has 0 saturated heterocycles. The third-order valence-electron chi connectivity index (χ3n) is 10.7. The van der Waals surface area contributed by atoms with Gasteiger partial charge in [0, 0.05) is 95.1 Å². The Balaban J connectivity index is 0.000000192. The van der Waals surface area contributed by atoms with Gasteiger partial charge in [0.2, 0.25) is 11.4 Å². The normalized spacial score (nSPS) is 10.1. The van der Waals surface area contributed by atoms with Crippen LogP contribution < -0.4 is 39.5 Å². The number of nitrogens with zero attached hydrogens (tertiary/aromatic N) is 2. The number of carboxylic acid groups (broad SMARTS) is 10. The molecule has 0 aliphatic heterocycles. The SMILES string of the molecule is O=C(O)c1cccc(-[n+]2ccc(-c3cc[nH+]cc3)cc2)c1.O=C(O)c1cccc(-[n+]2ccc(-c3cc[nH+]cc3)cc2)c1.O=C([O-])c1cc(C(=O)[O-])c(C(=O)O)cc1C(=O)O.O=C([O-])c1cc(C(=O)[O-])c(C(=O)O)cc1C(=O)O. The van der Waals surface area contributed by atoms with Crippen molar-refractivity contribution in [3.8, 4) is 33.6 Å². The summed E-state index contributed by atoms with van der Waals surface area (Å²) in [4.78, 5) is 114. The molecule has 392 valence electrons. The van der Waals surface area contributed by atoms with Crippen LogP contribution in [-0.2, 0) is 0 Å². The van der Waals surface area contributed by atoms with Gasteiger partial charge in [-0.3, -0.25) is 0 Å². The molecule has 0 aliphatic rings. The second kappa shape index (κ2) is 25.7. The fraction of sp³-hybridized carbons (Fsp3) is 0. The van der Waals surface area contributed by atoms with Crippen LogP contribution in [0.4, 0.5) is 0 Å². The summed E-state index contributed by atoms with van der Waals surface area (Å²) in [6, 6.07) is 31.4. The van der Waals surface area contributed by atoms with Crippen molar-refractivity contribution in [1.82, 2.24) is 0 Å². The molecule has 0 spiro atoms. The largest absolute Gasteiger partial charge is 0.545 e. The van der Waals surface area contributed by atoms with Crippen LogP contribution in [0.5, 0.6) is 0 Å². The zero-order chi connectivity index (χ0) is 57.4. The standard InChI is InChI=1S/2C17H12N2O2.2C10H6O8/c2*20-17(21)15-2-1-3-16(12-15)19-10-6-14(7-11-19)13-4-8-18-9-5-13;2*11-7(12)3-1-4(8(13)14)6(10(17)18)2-5(3)9(15)16/h2*1-12H;2*1-2H,(H,11,12)(H,13,14)(H,15,16)(H,17,18). The summed E-state index contributed by atoms with van der Waals surface area (Å²) in [5.74, 6) is -16.5. The van der Waals surface area contributed by atoms with Gasteiger partial charge in [-0.05, 0) is 58.7 Å². The minimum absolute atomic E-state index is 0.280. The molecule has 0 fully saturated rings. The molecule has 78 heavy (non-hydrogen) atoms. The molecule has 4 aromatic heterocycles. The monoisotopic (exact) mass is 1060 g/mol. The summed E-state index contributed by atoms with van der Waals surface area (Å²) in [5, 5.41) is 95.5. The van der Waals surface area contributed by atoms with Crippen molar-refractivity contribution in [1.29, 1.82) is 0 Å². The van der Waals surface area contributed by atoms with E-state index in [1.807, 2.05) is 119 Å². The molecular weight excluding hydrogens is 1020 g/mol. The summed E-state index contributed by atoms with van der Waals surface area (Å²) in [7, 11) is 0. The average Bonchev–Trinajstić information content (AvgIpc) is 3.43. The Morgan fingerprint density at radius 1 is 0.308 bits per heavy atom. The van der Waals surface area contributed by atoms with Crippen molar-refractivity contribution in [3.05, 3.63) is 227 Å². The highest BCUT2D eigenvalue weighted by Gasteiger charge is 2.22. The van der Waals surface area contributed by atoms with Crippen molar-refractivity contribution in [3.63, 3.8) is 0 Å². The van der Waals surface area contributed by atoms with Crippen LogP contribution in [0.15, 0.2) is 171 Å². The third kappa shape index (κ3) is 14.7. The number of aromatic nitrogens is 4. The minimum atomic E-state index is -1.94. The molecule has 8 aromatic rings. The summed E-state index contributed by atoms with van der Waals surface area (Å²) in [6.45, 7) is 0. The number of rotatable bonds is 14. The van der Waals surface area contributed by atoms with Crippen LogP contribution in [0, 0.1) is 0 Å². The summed E-state index contributed by atoms with van der Waals surface area (Å²) >= 11 is 0. The molecule has 0 atom stereocenters. The second-order valence-electron chi connectivity index (χ2n) is 15.5. The first-order valence-corrected chi connectivity index (χ1v) is 21.8. The maximum atomic E-state index is 11.0. The zero-order valence-electron chi connectivity index (χ0n) is 39.5. The topological polar surface area (TPSA) is 420 Å². The van der Waals surface area contributed by atoms with Gasteiger partial charge in [0.15, 0.2) is 49.6 Å². The maximum Gasteiger partial charge on any atom is 0.336 e. The fourth-order valence-electron chi connectivity index (χ4n) is 6.92. The van der Waals surface area contributed by atoms with Crippen LogP contribution >= 0.6 is 0 Å². The van der Waals surface area contributed by atoms with E-state index in [9.17, 15) is 68.4 Å². The number of hydrogen-bond acceptors (Lipinski definition) is 14. The summed E-state index contributed by atoms with van der Waals surface area (Å²) < 4.78 is 3.79. The quantitative estimate of drug-likeness (QED) is 0.0775. The van der Waals surface area contributed by atoms with Crippen molar-refractivity contribution >= 4 is 59.7 Å². The predicted octanol–water partition coefficient (Wildman–Crippen LogP) is -0.0948. The first kappa shape index (κ1) is 57.1. The highest BCUT2D eigenvalue weighted by molar-refractivity contribution is 6.09. The third-order valence-corrected chi connectivity index (χ3v) is 10.7. The van der Waals surface area contributed by atoms with Gasteiger partial charge in [-0.1, -0.05) is 12.1 Å². The van der Waals surface area contributed by atoms with Gasteiger partial charge in [0.05, 0.1) is 57.3 Å². The lowest BCUT2D eigenvalue weighted by Crippen LogP contribution is -2.29. The fourth-order valence-corrected chi connectivity index (χ4v) is 6.92. The number of aromatic carboxylic acids is 10. The first-order valence-electron chi connectivity index (χ1n) is 21.8. The van der Waals surface area contributed by atoms with Gasteiger partial charge >= 0.3 is 35.8 Å². The number of nitrogens with one attached hydrogen (secondary N) is 2. The Bertz CT molecular complexity index is 3210. The molecule has 0 saturated carbocycles. The van der Waals surface area contributed by atoms with E-state index in [4.69, 9.17) is 30.6 Å². The van der Waals surface area contributed by atoms with Crippen molar-refractivity contribution in [2.24, 2.45) is 0 Å². The number of benzene rings is 4. The Kier molecular flexibility index (Phi) is 18.8. The van der Waals surface area contributed by atoms with Crippen molar-refractivity contribution in [2.45, 2.75) is 0 Å². The number of H-pyrrole nitrogens is 2. The van der Waals surface area contributed by atoms with Crippen LogP contribution in [0.1, 0.15) is 104 Å². The Morgan fingerprint density at radius 3 is 0.782 bits per heavy atom. The van der Waals surface area contributed by atoms with Gasteiger partial charge in [-0.25, -0.2) is 38.7 Å². The highest BCUT2D eigenvalue weighted by Crippen LogP contribution is 2.20. The van der Waals surface area contributed by atoms with E-state index in [0.717, 1.165) is 33.6 Å². The smallest absolute Gasteiger partial charge is 0.336 e. The number of aromatic amines is 2. The number of carboxylic acids is 10. The van der Waals surface area contributed by atoms with E-state index in [1.54, 1.807) is 36.4 Å². The van der Waals surface area contributed by atoms with Crippen LogP contribution in [0.3, 0.4) is 0 Å². The molecular formula is C54H36N4O20. The van der Waals surface area contributed by atoms with Crippen LogP contribution in [0.2, 0.25) is 0 Å². The molecule has 0 unspecified atom stereocenters. The lowest BCUT2D eigenvalue weighted by molar-refractivity contribution is -0.595. The summed E-state index contributed by atoms with van der Waals surface area (Å²) in [5.41, 5.74) is -0.595. The minimum Gasteiger partial charge on any atom is -0.545 e. The van der Waals surface area contributed by atoms with Gasteiger partial charge in [-0.2, -0.15) is 9.13 Å². The molecule has 0 radical (unpaired) electrons. The lowest BCUT2D eigenvalue weighted by Gasteiger charge is -2.13. The van der Waals surface area contributed by atoms with E-state index in [-0.39, 0.29) is 11.1 Å². The number of hydrogen-bond donors (Lipinski definition) is 6. The summed E-state index contributed by atoms with van der Waals surface area (Å²) in [6.07, 6.45) is 15.2. The molecule has 0 bridgehead atoms. The lowest BCUT2D eigenvalue weighted by atomic mass is 9.98. The molecule has 0 aliphatic carbocycles. The van der Waals surface area contributed by atoms with Gasteiger partial charge < -0.3 is 70.2 Å². The second-order valence-corrected chi connectivity index (χ2v) is 15.5. The molecule has 8 rings (SSSR count). The first-order chi connectivity index (χ1) is 37.0. The number of pyridine rings is 4. The molecule has 4 aromatic carbocycles. The number of carbonyl (C=O) groups excluding carboxylic acids is 4. The van der Waals surface area contributed by atoms with E-state index in [2.05, 4.69) is 9.97 Å². The van der Waals surface area contributed by atoms with E-state index >= 15 is 0 Å². The maximum absolute atomic E-state index is 11.0. The van der Waals surface area contributed by atoms with Crippen LogP contribution in [0.25, 0.3) is 33.6 Å². The Labute approximate surface area is 436 Å². The zero-order valence-corrected chi connectivity index (χ0v) is 39.5. The Hall–Kier alpha value is -11.8. The molecule has 24 nitrogen and oxygen atoms in total. The molecule has 0 amide bonds. The van der Waals surface area contributed by atoms with Gasteiger partial charge in [-0.15, -0.1) is 0 Å². The highest BCUT2D eigenvalue weighted by atomic mass is 16.4. The van der Waals surface area contributed by atoms with Crippen LogP contribution in [-0.4, -0.2) is 90.3 Å². The van der Waals surface area contributed by atoms with Gasteiger partial charge in [0.1, 0.15) is 0 Å². The van der Waals surface area contributed by atoms with Gasteiger partial charge in [0.25, 0.3) is 0 Å².